The number of hydrogen-bond donors (Lipinski definition) is 4. The van der Waals surface area contributed by atoms with Crippen LogP contribution in [-0.2, 0) is 10.0 Å². The van der Waals surface area contributed by atoms with Gasteiger partial charge in [-0.15, -0.1) is 0 Å². The summed E-state index contributed by atoms with van der Waals surface area (Å²) in [7, 11) is -4.00. The molecule has 0 aliphatic carbocycles. The second-order valence-electron chi connectivity index (χ2n) is 4.74. The quantitative estimate of drug-likeness (QED) is 0.572. The van der Waals surface area contributed by atoms with Gasteiger partial charge in [0.15, 0.2) is 0 Å². The zero-order chi connectivity index (χ0) is 16.6. The maximum atomic E-state index is 12.4. The van der Waals surface area contributed by atoms with E-state index in [1.807, 2.05) is 0 Å². The van der Waals surface area contributed by atoms with Gasteiger partial charge in [-0.25, -0.2) is 18.0 Å². The average Bonchev–Trinajstić information content (AvgIpc) is 2.86. The number of imidazole rings is 1. The van der Waals surface area contributed by atoms with Crippen molar-refractivity contribution in [1.82, 2.24) is 9.97 Å². The molecule has 118 valence electrons. The number of anilines is 1. The molecule has 2 aromatic carbocycles. The molecular formula is C14H11N3O5S. The molecule has 4 N–H and O–H groups in total. The number of carbonyl (C=O) groups is 1. The zero-order valence-corrected chi connectivity index (χ0v) is 12.3. The fourth-order valence-electron chi connectivity index (χ4n) is 2.14. The highest BCUT2D eigenvalue weighted by atomic mass is 32.2. The Morgan fingerprint density at radius 1 is 1.04 bits per heavy atom. The third-order valence-corrected chi connectivity index (χ3v) is 4.56. The van der Waals surface area contributed by atoms with Crippen LogP contribution in [-0.4, -0.2) is 29.5 Å². The molecule has 1 heterocycles. The van der Waals surface area contributed by atoms with Crippen molar-refractivity contribution in [3.05, 3.63) is 58.5 Å². The Labute approximate surface area is 129 Å². The van der Waals surface area contributed by atoms with Gasteiger partial charge in [-0.2, -0.15) is 0 Å². The van der Waals surface area contributed by atoms with Gasteiger partial charge in [0.25, 0.3) is 10.0 Å². The molecule has 0 unspecified atom stereocenters. The fourth-order valence-corrected chi connectivity index (χ4v) is 3.25. The summed E-state index contributed by atoms with van der Waals surface area (Å²) in [4.78, 5) is 27.2. The summed E-state index contributed by atoms with van der Waals surface area (Å²) in [6.45, 7) is 0. The van der Waals surface area contributed by atoms with Crippen LogP contribution in [0.3, 0.4) is 0 Å². The van der Waals surface area contributed by atoms with E-state index in [4.69, 9.17) is 5.11 Å². The van der Waals surface area contributed by atoms with Crippen LogP contribution in [0, 0.1) is 0 Å². The van der Waals surface area contributed by atoms with E-state index >= 15 is 0 Å². The summed E-state index contributed by atoms with van der Waals surface area (Å²) in [6.07, 6.45) is 0. The number of aromatic nitrogens is 2. The van der Waals surface area contributed by atoms with Crippen molar-refractivity contribution in [2.24, 2.45) is 0 Å². The van der Waals surface area contributed by atoms with Gasteiger partial charge in [-0.3, -0.25) is 4.72 Å². The van der Waals surface area contributed by atoms with Gasteiger partial charge in [-0.1, -0.05) is 12.1 Å². The van der Waals surface area contributed by atoms with Crippen LogP contribution in [0.5, 0.6) is 0 Å². The lowest BCUT2D eigenvalue weighted by molar-refractivity contribution is 0.0698. The lowest BCUT2D eigenvalue weighted by atomic mass is 10.2. The van der Waals surface area contributed by atoms with E-state index < -0.39 is 21.7 Å². The van der Waals surface area contributed by atoms with E-state index in [1.54, 1.807) is 0 Å². The van der Waals surface area contributed by atoms with Crippen LogP contribution in [0.1, 0.15) is 10.4 Å². The van der Waals surface area contributed by atoms with E-state index in [2.05, 4.69) is 14.7 Å². The minimum absolute atomic E-state index is 0.0392. The number of carboxylic acid groups (broad SMARTS) is 1. The molecule has 8 nitrogen and oxygen atoms in total. The van der Waals surface area contributed by atoms with Crippen molar-refractivity contribution in [2.75, 3.05) is 4.72 Å². The summed E-state index contributed by atoms with van der Waals surface area (Å²) in [5.74, 6) is -1.24. The van der Waals surface area contributed by atoms with Crippen molar-refractivity contribution < 1.29 is 18.3 Å². The van der Waals surface area contributed by atoms with E-state index in [-0.39, 0.29) is 16.1 Å². The Morgan fingerprint density at radius 3 is 2.48 bits per heavy atom. The minimum atomic E-state index is -4.00. The van der Waals surface area contributed by atoms with Gasteiger partial charge < -0.3 is 15.1 Å². The minimum Gasteiger partial charge on any atom is -0.478 e. The normalized spacial score (nSPS) is 11.5. The Hall–Kier alpha value is -3.07. The topological polar surface area (TPSA) is 132 Å². The Balaban J connectivity index is 2.04. The highest BCUT2D eigenvalue weighted by Gasteiger charge is 2.19. The van der Waals surface area contributed by atoms with Crippen molar-refractivity contribution in [3.8, 4) is 0 Å². The van der Waals surface area contributed by atoms with Gasteiger partial charge in [0.1, 0.15) is 0 Å². The molecule has 0 amide bonds. The summed E-state index contributed by atoms with van der Waals surface area (Å²) < 4.78 is 27.1. The number of rotatable bonds is 4. The van der Waals surface area contributed by atoms with Crippen LogP contribution in [0.15, 0.2) is 52.2 Å². The van der Waals surface area contributed by atoms with Crippen LogP contribution in [0.25, 0.3) is 11.0 Å². The molecule has 3 rings (SSSR count). The van der Waals surface area contributed by atoms with E-state index in [0.29, 0.717) is 11.0 Å². The molecule has 0 saturated heterocycles. The largest absolute Gasteiger partial charge is 0.478 e. The maximum Gasteiger partial charge on any atom is 0.337 e. The Morgan fingerprint density at radius 2 is 1.74 bits per heavy atom. The SMILES string of the molecule is O=C(O)c1ccccc1NS(=O)(=O)c1ccc2[nH]c(=O)[nH]c2c1. The number of para-hydroxylation sites is 1. The van der Waals surface area contributed by atoms with Crippen molar-refractivity contribution in [1.29, 1.82) is 0 Å². The van der Waals surface area contributed by atoms with E-state index in [9.17, 15) is 18.0 Å². The molecule has 23 heavy (non-hydrogen) atoms. The zero-order valence-electron chi connectivity index (χ0n) is 11.5. The molecule has 0 radical (unpaired) electrons. The standard InChI is InChI=1S/C14H11N3O5S/c18-13(19)9-3-1-2-4-10(9)17-23(21,22)8-5-6-11-12(7-8)16-14(20)15-11/h1-7,17H,(H,18,19)(H2,15,16,20). The first-order chi connectivity index (χ1) is 10.9. The third kappa shape index (κ3) is 2.81. The number of benzene rings is 2. The molecule has 0 fully saturated rings. The second kappa shape index (κ2) is 5.29. The van der Waals surface area contributed by atoms with Crippen molar-refractivity contribution in [2.45, 2.75) is 4.90 Å². The molecular weight excluding hydrogens is 322 g/mol. The van der Waals surface area contributed by atoms with Crippen LogP contribution < -0.4 is 10.4 Å². The second-order valence-corrected chi connectivity index (χ2v) is 6.43. The molecule has 0 aliphatic heterocycles. The van der Waals surface area contributed by atoms with Crippen LogP contribution in [0.4, 0.5) is 5.69 Å². The first kappa shape index (κ1) is 14.9. The fraction of sp³-hybridized carbons (Fsp3) is 0. The van der Waals surface area contributed by atoms with Gasteiger partial charge >= 0.3 is 11.7 Å². The molecule has 0 saturated carbocycles. The summed E-state index contributed by atoms with van der Waals surface area (Å²) >= 11 is 0. The summed E-state index contributed by atoms with van der Waals surface area (Å²) in [6, 6.07) is 9.74. The molecule has 3 aromatic rings. The number of sulfonamides is 1. The third-order valence-electron chi connectivity index (χ3n) is 3.20. The summed E-state index contributed by atoms with van der Waals surface area (Å²) in [5, 5.41) is 9.10. The number of nitrogens with one attached hydrogen (secondary N) is 3. The average molecular weight is 333 g/mol. The highest BCUT2D eigenvalue weighted by molar-refractivity contribution is 7.92. The first-order valence-electron chi connectivity index (χ1n) is 6.44. The molecule has 0 aliphatic rings. The number of aromatic amines is 2. The lowest BCUT2D eigenvalue weighted by Crippen LogP contribution is -2.15. The highest BCUT2D eigenvalue weighted by Crippen LogP contribution is 2.21. The summed E-state index contributed by atoms with van der Waals surface area (Å²) in [5.41, 5.74) is 0.165. The van der Waals surface area contributed by atoms with Crippen LogP contribution >= 0.6 is 0 Å². The van der Waals surface area contributed by atoms with Crippen molar-refractivity contribution >= 4 is 32.7 Å². The smallest absolute Gasteiger partial charge is 0.337 e. The molecule has 0 spiro atoms. The Kier molecular flexibility index (Phi) is 3.41. The van der Waals surface area contributed by atoms with Crippen LogP contribution in [0.2, 0.25) is 0 Å². The maximum absolute atomic E-state index is 12.4. The van der Waals surface area contributed by atoms with Gasteiger partial charge in [0.2, 0.25) is 0 Å². The molecule has 0 bridgehead atoms. The van der Waals surface area contributed by atoms with Gasteiger partial charge in [-0.05, 0) is 30.3 Å². The van der Waals surface area contributed by atoms with E-state index in [0.717, 1.165) is 0 Å². The molecule has 1 aromatic heterocycles. The van der Waals surface area contributed by atoms with Gasteiger partial charge in [0, 0.05) is 0 Å². The predicted octanol–water partition coefficient (Wildman–Crippen LogP) is 1.36. The first-order valence-corrected chi connectivity index (χ1v) is 7.92. The number of carboxylic acids is 1. The molecule has 9 heteroatoms. The number of aromatic carboxylic acids is 1. The number of hydrogen-bond acceptors (Lipinski definition) is 4. The number of H-pyrrole nitrogens is 2. The monoisotopic (exact) mass is 333 g/mol. The number of fused-ring (bicyclic) bond motifs is 1. The lowest BCUT2D eigenvalue weighted by Gasteiger charge is -2.10. The Bertz CT molecular complexity index is 1070. The molecule has 0 atom stereocenters. The van der Waals surface area contributed by atoms with Gasteiger partial charge in [0.05, 0.1) is 27.2 Å². The van der Waals surface area contributed by atoms with Crippen molar-refractivity contribution in [3.63, 3.8) is 0 Å². The predicted molar refractivity (Wildman–Crippen MR) is 83.1 cm³/mol. The van der Waals surface area contributed by atoms with E-state index in [1.165, 1.54) is 42.5 Å².